The van der Waals surface area contributed by atoms with Crippen molar-refractivity contribution < 1.29 is 4.74 Å². The monoisotopic (exact) mass is 360 g/mol. The smallest absolute Gasteiger partial charge is 0.0704 e. The van der Waals surface area contributed by atoms with E-state index >= 15 is 0 Å². The molecule has 0 bridgehead atoms. The molecule has 2 atom stereocenters. The van der Waals surface area contributed by atoms with E-state index in [2.05, 4.69) is 76.1 Å². The highest BCUT2D eigenvalue weighted by atomic mass is 28.3. The third-order valence-electron chi connectivity index (χ3n) is 6.44. The molecular weight excluding hydrogens is 324 g/mol. The van der Waals surface area contributed by atoms with Crippen molar-refractivity contribution in [2.75, 3.05) is 20.3 Å². The molecule has 25 heavy (non-hydrogen) atoms. The van der Waals surface area contributed by atoms with Crippen LogP contribution >= 0.6 is 0 Å². The molecule has 0 saturated carbocycles. The first kappa shape index (κ1) is 20.2. The Hall–Kier alpha value is -1.13. The Bertz CT molecular complexity index is 577. The van der Waals surface area contributed by atoms with E-state index in [9.17, 15) is 0 Å². The Balaban J connectivity index is 2.42. The summed E-state index contributed by atoms with van der Waals surface area (Å²) < 4.78 is 5.42. The minimum Gasteiger partial charge on any atom is -0.382 e. The van der Waals surface area contributed by atoms with Crippen molar-refractivity contribution in [3.8, 4) is 0 Å². The molecule has 0 unspecified atom stereocenters. The zero-order valence-electron chi connectivity index (χ0n) is 17.2. The Labute approximate surface area is 155 Å². The van der Waals surface area contributed by atoms with Crippen LogP contribution in [0.2, 0.25) is 23.7 Å². The van der Waals surface area contributed by atoms with Crippen LogP contribution in [0.5, 0.6) is 0 Å². The minimum atomic E-state index is -1.56. The summed E-state index contributed by atoms with van der Waals surface area (Å²) in [7, 11) is 0.233. The van der Waals surface area contributed by atoms with Gasteiger partial charge in [0.2, 0.25) is 0 Å². The second kappa shape index (κ2) is 8.04. The third-order valence-corrected chi connectivity index (χ3v) is 12.7. The summed E-state index contributed by atoms with van der Waals surface area (Å²) in [6, 6.07) is 11.2. The van der Waals surface area contributed by atoms with E-state index in [0.29, 0.717) is 16.6 Å². The lowest BCUT2D eigenvalue weighted by Gasteiger charge is -2.42. The van der Waals surface area contributed by atoms with Gasteiger partial charge in [-0.25, -0.2) is 0 Å². The maximum absolute atomic E-state index is 5.42. The molecule has 1 aromatic rings. The number of hydrogen-bond acceptors (Lipinski definition) is 3. The first-order valence-corrected chi connectivity index (χ1v) is 12.7. The fourth-order valence-electron chi connectivity index (χ4n) is 3.45. The van der Waals surface area contributed by atoms with Crippen LogP contribution in [0, 0.1) is 0 Å². The molecule has 2 rings (SSSR count). The normalized spacial score (nSPS) is 20.8. The second-order valence-corrected chi connectivity index (χ2v) is 14.8. The molecular formula is C21H36N2OSi. The Kier molecular flexibility index (Phi) is 6.49. The van der Waals surface area contributed by atoms with Crippen LogP contribution in [-0.2, 0) is 4.74 Å². The molecule has 3 nitrogen and oxygen atoms in total. The van der Waals surface area contributed by atoms with Gasteiger partial charge in [0, 0.05) is 13.7 Å². The number of nitrogens with zero attached hydrogens (tertiary/aromatic N) is 2. The standard InChI is InChI=1S/C21H36N2OSi/c1-17(25(6,7)21(2,3)4)20(18-12-9-8-10-13-18)22-23-15-11-14-19(23)16-24-5/h8-10,12-13,17,19H,11,14-16H2,1-7H3/t17-,19+/m1/s1. The van der Waals surface area contributed by atoms with E-state index < -0.39 is 8.07 Å². The van der Waals surface area contributed by atoms with Gasteiger partial charge in [-0.15, -0.1) is 0 Å². The van der Waals surface area contributed by atoms with Gasteiger partial charge in [0.05, 0.1) is 26.4 Å². The molecule has 0 radical (unpaired) electrons. The van der Waals surface area contributed by atoms with Crippen molar-refractivity contribution in [1.82, 2.24) is 5.01 Å². The average molecular weight is 361 g/mol. The van der Waals surface area contributed by atoms with Gasteiger partial charge in [0.1, 0.15) is 0 Å². The number of benzene rings is 1. The molecule has 4 heteroatoms. The molecule has 0 aliphatic carbocycles. The van der Waals surface area contributed by atoms with Crippen LogP contribution in [0.1, 0.15) is 46.1 Å². The lowest BCUT2D eigenvalue weighted by atomic mass is 10.1. The predicted octanol–water partition coefficient (Wildman–Crippen LogP) is 5.40. The van der Waals surface area contributed by atoms with Gasteiger partial charge in [-0.1, -0.05) is 71.1 Å². The van der Waals surface area contributed by atoms with E-state index in [0.717, 1.165) is 13.2 Å². The first-order chi connectivity index (χ1) is 11.7. The molecule has 0 spiro atoms. The van der Waals surface area contributed by atoms with Gasteiger partial charge in [0.25, 0.3) is 0 Å². The lowest BCUT2D eigenvalue weighted by Crippen LogP contribution is -2.45. The molecule has 1 aliphatic rings. The fraction of sp³-hybridized carbons (Fsp3) is 0.667. The summed E-state index contributed by atoms with van der Waals surface area (Å²) in [6.45, 7) is 16.4. The molecule has 140 valence electrons. The Morgan fingerprint density at radius 2 is 1.92 bits per heavy atom. The van der Waals surface area contributed by atoms with Gasteiger partial charge in [-0.3, -0.25) is 5.01 Å². The van der Waals surface area contributed by atoms with E-state index in [1.807, 2.05) is 0 Å². The van der Waals surface area contributed by atoms with Crippen molar-refractivity contribution in [3.63, 3.8) is 0 Å². The molecule has 1 heterocycles. The summed E-state index contributed by atoms with van der Waals surface area (Å²) >= 11 is 0. The zero-order valence-corrected chi connectivity index (χ0v) is 18.2. The zero-order chi connectivity index (χ0) is 18.7. The van der Waals surface area contributed by atoms with Gasteiger partial charge in [-0.2, -0.15) is 5.10 Å². The van der Waals surface area contributed by atoms with Crippen molar-refractivity contribution in [3.05, 3.63) is 35.9 Å². The number of rotatable bonds is 6. The molecule has 1 aromatic carbocycles. The quantitative estimate of drug-likeness (QED) is 0.501. The van der Waals surface area contributed by atoms with Crippen LogP contribution in [0.15, 0.2) is 35.4 Å². The number of methoxy groups -OCH3 is 1. The minimum absolute atomic E-state index is 0.332. The third kappa shape index (κ3) is 4.53. The average Bonchev–Trinajstić information content (AvgIpc) is 2.99. The van der Waals surface area contributed by atoms with E-state index in [-0.39, 0.29) is 0 Å². The molecule has 1 fully saturated rings. The molecule has 0 N–H and O–H groups in total. The van der Waals surface area contributed by atoms with Crippen LogP contribution in [0.3, 0.4) is 0 Å². The molecule has 0 aromatic heterocycles. The number of hydrogen-bond donors (Lipinski definition) is 0. The maximum Gasteiger partial charge on any atom is 0.0704 e. The van der Waals surface area contributed by atoms with Crippen LogP contribution in [0.25, 0.3) is 0 Å². The number of ether oxygens (including phenoxy) is 1. The van der Waals surface area contributed by atoms with Crippen LogP contribution in [0.4, 0.5) is 0 Å². The van der Waals surface area contributed by atoms with Gasteiger partial charge < -0.3 is 4.74 Å². The highest BCUT2D eigenvalue weighted by Crippen LogP contribution is 2.45. The summed E-state index contributed by atoms with van der Waals surface area (Å²) in [5.74, 6) is 0. The van der Waals surface area contributed by atoms with E-state index in [4.69, 9.17) is 9.84 Å². The molecule has 1 saturated heterocycles. The largest absolute Gasteiger partial charge is 0.382 e. The van der Waals surface area contributed by atoms with E-state index in [1.165, 1.54) is 24.1 Å². The number of hydrazone groups is 1. The van der Waals surface area contributed by atoms with Gasteiger partial charge in [0.15, 0.2) is 0 Å². The molecule has 0 amide bonds. The highest BCUT2D eigenvalue weighted by molar-refractivity contribution is 6.84. The summed E-state index contributed by atoms with van der Waals surface area (Å²) in [5, 5.41) is 7.85. The summed E-state index contributed by atoms with van der Waals surface area (Å²) in [6.07, 6.45) is 2.38. The fourth-order valence-corrected chi connectivity index (χ4v) is 5.65. The highest BCUT2D eigenvalue weighted by Gasteiger charge is 2.42. The Morgan fingerprint density at radius 3 is 2.48 bits per heavy atom. The van der Waals surface area contributed by atoms with Gasteiger partial charge in [-0.05, 0) is 29.0 Å². The van der Waals surface area contributed by atoms with Crippen molar-refractivity contribution >= 4 is 13.8 Å². The van der Waals surface area contributed by atoms with Gasteiger partial charge >= 0.3 is 0 Å². The maximum atomic E-state index is 5.42. The van der Waals surface area contributed by atoms with E-state index in [1.54, 1.807) is 7.11 Å². The molecule has 1 aliphatic heterocycles. The second-order valence-electron chi connectivity index (χ2n) is 8.96. The summed E-state index contributed by atoms with van der Waals surface area (Å²) in [5.41, 5.74) is 3.01. The lowest BCUT2D eigenvalue weighted by molar-refractivity contribution is 0.118. The predicted molar refractivity (Wildman–Crippen MR) is 111 cm³/mol. The topological polar surface area (TPSA) is 24.8 Å². The first-order valence-electron chi connectivity index (χ1n) is 9.58. The summed E-state index contributed by atoms with van der Waals surface area (Å²) in [4.78, 5) is 0. The van der Waals surface area contributed by atoms with Crippen LogP contribution in [-0.4, -0.2) is 45.1 Å². The van der Waals surface area contributed by atoms with Crippen molar-refractivity contribution in [2.24, 2.45) is 5.10 Å². The van der Waals surface area contributed by atoms with Crippen molar-refractivity contribution in [2.45, 2.75) is 70.3 Å². The van der Waals surface area contributed by atoms with Crippen LogP contribution < -0.4 is 0 Å². The SMILES string of the molecule is COC[C@@H]1CCCN1N=C(c1ccccc1)[C@@H](C)[Si](C)(C)C(C)(C)C. The van der Waals surface area contributed by atoms with Crippen molar-refractivity contribution in [1.29, 1.82) is 0 Å². The Morgan fingerprint density at radius 1 is 1.28 bits per heavy atom.